The van der Waals surface area contributed by atoms with Gasteiger partial charge in [-0.05, 0) is 19.8 Å². The molecular formula is C11H19N3O. The number of hydrogen-bond donors (Lipinski definition) is 1. The number of aliphatic hydroxyl groups is 1. The first-order valence-corrected chi connectivity index (χ1v) is 5.77. The maximum atomic E-state index is 9.52. The Labute approximate surface area is 90.3 Å². The molecule has 1 aliphatic rings. The molecule has 0 aromatic carbocycles. The third-order valence-electron chi connectivity index (χ3n) is 3.53. The van der Waals surface area contributed by atoms with E-state index >= 15 is 0 Å². The van der Waals surface area contributed by atoms with Gasteiger partial charge in [-0.2, -0.15) is 5.10 Å². The monoisotopic (exact) mass is 209 g/mol. The van der Waals surface area contributed by atoms with Gasteiger partial charge in [0.1, 0.15) is 12.2 Å². The SMILES string of the molecule is CCn1ncnc1CC1(CO)CCCC1. The van der Waals surface area contributed by atoms with Gasteiger partial charge in [0.05, 0.1) is 0 Å². The van der Waals surface area contributed by atoms with Crippen molar-refractivity contribution in [1.29, 1.82) is 0 Å². The Morgan fingerprint density at radius 3 is 2.80 bits per heavy atom. The lowest BCUT2D eigenvalue weighted by atomic mass is 9.83. The summed E-state index contributed by atoms with van der Waals surface area (Å²) < 4.78 is 1.93. The van der Waals surface area contributed by atoms with Crippen LogP contribution in [-0.2, 0) is 13.0 Å². The van der Waals surface area contributed by atoms with E-state index in [4.69, 9.17) is 0 Å². The van der Waals surface area contributed by atoms with Gasteiger partial charge in [0.2, 0.25) is 0 Å². The van der Waals surface area contributed by atoms with Gasteiger partial charge in [0.15, 0.2) is 0 Å². The van der Waals surface area contributed by atoms with Crippen LogP contribution in [0, 0.1) is 5.41 Å². The Morgan fingerprint density at radius 2 is 2.20 bits per heavy atom. The molecule has 0 aliphatic heterocycles. The van der Waals surface area contributed by atoms with Gasteiger partial charge in [0, 0.05) is 25.0 Å². The molecule has 1 aliphatic carbocycles. The van der Waals surface area contributed by atoms with Crippen LogP contribution < -0.4 is 0 Å². The van der Waals surface area contributed by atoms with Crippen molar-refractivity contribution >= 4 is 0 Å². The first kappa shape index (κ1) is 10.6. The predicted molar refractivity (Wildman–Crippen MR) is 57.4 cm³/mol. The second-order valence-corrected chi connectivity index (χ2v) is 4.53. The van der Waals surface area contributed by atoms with Crippen molar-refractivity contribution in [3.8, 4) is 0 Å². The molecule has 1 heterocycles. The Bertz CT molecular complexity index is 315. The molecule has 0 unspecified atom stereocenters. The van der Waals surface area contributed by atoms with Crippen LogP contribution in [0.3, 0.4) is 0 Å². The average Bonchev–Trinajstić information content (AvgIpc) is 2.88. The van der Waals surface area contributed by atoms with Gasteiger partial charge in [-0.25, -0.2) is 4.98 Å². The summed E-state index contributed by atoms with van der Waals surface area (Å²) in [7, 11) is 0. The summed E-state index contributed by atoms with van der Waals surface area (Å²) in [6.45, 7) is 3.21. The summed E-state index contributed by atoms with van der Waals surface area (Å²) in [5.41, 5.74) is 0.0833. The van der Waals surface area contributed by atoms with E-state index in [0.29, 0.717) is 0 Å². The van der Waals surface area contributed by atoms with Crippen molar-refractivity contribution in [2.24, 2.45) is 5.41 Å². The largest absolute Gasteiger partial charge is 0.396 e. The Kier molecular flexibility index (Phi) is 3.05. The summed E-state index contributed by atoms with van der Waals surface area (Å²) in [5, 5.41) is 13.7. The van der Waals surface area contributed by atoms with E-state index < -0.39 is 0 Å². The zero-order valence-corrected chi connectivity index (χ0v) is 9.32. The summed E-state index contributed by atoms with van der Waals surface area (Å²) in [4.78, 5) is 4.28. The number of aliphatic hydroxyl groups excluding tert-OH is 1. The van der Waals surface area contributed by atoms with Crippen molar-refractivity contribution in [3.63, 3.8) is 0 Å². The minimum Gasteiger partial charge on any atom is -0.396 e. The minimum absolute atomic E-state index is 0.0833. The van der Waals surface area contributed by atoms with Gasteiger partial charge in [0.25, 0.3) is 0 Å². The molecule has 2 rings (SSSR count). The molecule has 0 bridgehead atoms. The van der Waals surface area contributed by atoms with Gasteiger partial charge in [-0.1, -0.05) is 12.8 Å². The highest BCUT2D eigenvalue weighted by molar-refractivity contribution is 4.96. The van der Waals surface area contributed by atoms with E-state index in [1.165, 1.54) is 12.8 Å². The number of aromatic nitrogens is 3. The van der Waals surface area contributed by atoms with Crippen molar-refractivity contribution in [2.75, 3.05) is 6.61 Å². The van der Waals surface area contributed by atoms with Gasteiger partial charge < -0.3 is 5.11 Å². The van der Waals surface area contributed by atoms with Crippen LogP contribution in [0.5, 0.6) is 0 Å². The maximum Gasteiger partial charge on any atom is 0.138 e. The third-order valence-corrected chi connectivity index (χ3v) is 3.53. The number of aryl methyl sites for hydroxylation is 1. The number of hydrogen-bond acceptors (Lipinski definition) is 3. The van der Waals surface area contributed by atoms with Crippen LogP contribution in [0.25, 0.3) is 0 Å². The third kappa shape index (κ3) is 2.04. The molecule has 4 nitrogen and oxygen atoms in total. The molecule has 84 valence electrons. The van der Waals surface area contributed by atoms with Crippen LogP contribution in [0.4, 0.5) is 0 Å². The molecule has 0 saturated heterocycles. The average molecular weight is 209 g/mol. The van der Waals surface area contributed by atoms with Crippen LogP contribution in [0.1, 0.15) is 38.4 Å². The Balaban J connectivity index is 2.12. The second-order valence-electron chi connectivity index (χ2n) is 4.53. The van der Waals surface area contributed by atoms with Crippen molar-refractivity contribution in [2.45, 2.75) is 45.6 Å². The highest BCUT2D eigenvalue weighted by Crippen LogP contribution is 2.40. The molecule has 0 amide bonds. The van der Waals surface area contributed by atoms with Crippen molar-refractivity contribution in [1.82, 2.24) is 14.8 Å². The number of nitrogens with zero attached hydrogens (tertiary/aromatic N) is 3. The fourth-order valence-electron chi connectivity index (χ4n) is 2.54. The summed E-state index contributed by atoms with van der Waals surface area (Å²) in [6.07, 6.45) is 7.21. The number of rotatable bonds is 4. The van der Waals surface area contributed by atoms with E-state index in [1.807, 2.05) is 4.68 Å². The molecule has 1 aromatic heterocycles. The van der Waals surface area contributed by atoms with Gasteiger partial charge in [-0.15, -0.1) is 0 Å². The fraction of sp³-hybridized carbons (Fsp3) is 0.818. The van der Waals surface area contributed by atoms with Crippen molar-refractivity contribution < 1.29 is 5.11 Å². The van der Waals surface area contributed by atoms with Gasteiger partial charge in [-0.3, -0.25) is 4.68 Å². The fourth-order valence-corrected chi connectivity index (χ4v) is 2.54. The normalized spacial score (nSPS) is 19.6. The Morgan fingerprint density at radius 1 is 1.47 bits per heavy atom. The quantitative estimate of drug-likeness (QED) is 0.815. The van der Waals surface area contributed by atoms with E-state index in [2.05, 4.69) is 17.0 Å². The molecular weight excluding hydrogens is 190 g/mol. The summed E-state index contributed by atoms with van der Waals surface area (Å²) >= 11 is 0. The molecule has 0 radical (unpaired) electrons. The summed E-state index contributed by atoms with van der Waals surface area (Å²) in [5.74, 6) is 1.02. The lowest BCUT2D eigenvalue weighted by Gasteiger charge is -2.25. The molecule has 1 aromatic rings. The highest BCUT2D eigenvalue weighted by Gasteiger charge is 2.34. The molecule has 15 heavy (non-hydrogen) atoms. The Hall–Kier alpha value is -0.900. The topological polar surface area (TPSA) is 50.9 Å². The first-order chi connectivity index (χ1) is 7.29. The van der Waals surface area contributed by atoms with E-state index in [9.17, 15) is 5.11 Å². The van der Waals surface area contributed by atoms with Crippen LogP contribution in [0.15, 0.2) is 6.33 Å². The van der Waals surface area contributed by atoms with Crippen LogP contribution >= 0.6 is 0 Å². The highest BCUT2D eigenvalue weighted by atomic mass is 16.3. The molecule has 1 N–H and O–H groups in total. The molecule has 0 atom stereocenters. The molecule has 1 saturated carbocycles. The smallest absolute Gasteiger partial charge is 0.138 e. The standard InChI is InChI=1S/C11H19N3O/c1-2-14-10(12-9-13-14)7-11(8-15)5-3-4-6-11/h9,15H,2-8H2,1H3. The predicted octanol–water partition coefficient (Wildman–Crippen LogP) is 1.39. The molecule has 0 spiro atoms. The maximum absolute atomic E-state index is 9.52. The van der Waals surface area contributed by atoms with Gasteiger partial charge >= 0.3 is 0 Å². The lowest BCUT2D eigenvalue weighted by Crippen LogP contribution is -2.26. The minimum atomic E-state index is 0.0833. The molecule has 4 heteroatoms. The second kappa shape index (κ2) is 4.31. The van der Waals surface area contributed by atoms with Crippen molar-refractivity contribution in [3.05, 3.63) is 12.2 Å². The first-order valence-electron chi connectivity index (χ1n) is 5.77. The zero-order valence-electron chi connectivity index (χ0n) is 9.32. The zero-order chi connectivity index (χ0) is 10.7. The lowest BCUT2D eigenvalue weighted by molar-refractivity contribution is 0.127. The van der Waals surface area contributed by atoms with E-state index in [1.54, 1.807) is 6.33 Å². The molecule has 1 fully saturated rings. The van der Waals surface area contributed by atoms with E-state index in [0.717, 1.165) is 31.6 Å². The van der Waals surface area contributed by atoms with Crippen LogP contribution in [0.2, 0.25) is 0 Å². The van der Waals surface area contributed by atoms with E-state index in [-0.39, 0.29) is 12.0 Å². The van der Waals surface area contributed by atoms with Crippen LogP contribution in [-0.4, -0.2) is 26.5 Å². The summed E-state index contributed by atoms with van der Waals surface area (Å²) in [6, 6.07) is 0.